The van der Waals surface area contributed by atoms with Gasteiger partial charge in [-0.1, -0.05) is 13.8 Å². The second kappa shape index (κ2) is 7.57. The standard InChI is InChI=1S/C12H20N2S/c1-3-6-13-11-5-7-14-12(9-11)10-15-8-4-2/h5,7,9H,3-4,6,8,10H2,1-2H3,(H,13,14). The van der Waals surface area contributed by atoms with Crippen molar-refractivity contribution in [3.8, 4) is 0 Å². The van der Waals surface area contributed by atoms with Gasteiger partial charge < -0.3 is 5.32 Å². The Kier molecular flexibility index (Phi) is 6.25. The molecule has 1 aromatic rings. The predicted octanol–water partition coefficient (Wildman–Crippen LogP) is 3.55. The van der Waals surface area contributed by atoms with E-state index in [1.54, 1.807) is 0 Å². The molecule has 0 saturated heterocycles. The summed E-state index contributed by atoms with van der Waals surface area (Å²) in [7, 11) is 0. The van der Waals surface area contributed by atoms with Crippen molar-refractivity contribution in [1.29, 1.82) is 0 Å². The number of thioether (sulfide) groups is 1. The quantitative estimate of drug-likeness (QED) is 0.717. The molecule has 0 amide bonds. The lowest BCUT2D eigenvalue weighted by molar-refractivity contribution is 0.977. The van der Waals surface area contributed by atoms with E-state index in [2.05, 4.69) is 30.2 Å². The predicted molar refractivity (Wildman–Crippen MR) is 69.5 cm³/mol. The number of rotatable bonds is 7. The molecule has 1 heterocycles. The van der Waals surface area contributed by atoms with Gasteiger partial charge in [-0.05, 0) is 30.7 Å². The fourth-order valence-electron chi connectivity index (χ4n) is 1.26. The number of anilines is 1. The van der Waals surface area contributed by atoms with Gasteiger partial charge in [-0.15, -0.1) is 0 Å². The van der Waals surface area contributed by atoms with Crippen molar-refractivity contribution in [3.63, 3.8) is 0 Å². The van der Waals surface area contributed by atoms with Crippen molar-refractivity contribution in [2.75, 3.05) is 17.6 Å². The molecule has 1 N–H and O–H groups in total. The lowest BCUT2D eigenvalue weighted by Gasteiger charge is -2.06. The van der Waals surface area contributed by atoms with Crippen molar-refractivity contribution in [1.82, 2.24) is 4.98 Å². The second-order valence-electron chi connectivity index (χ2n) is 3.52. The molecule has 0 spiro atoms. The number of hydrogen-bond donors (Lipinski definition) is 1. The fourth-order valence-corrected chi connectivity index (χ4v) is 2.06. The SMILES string of the molecule is CCCNc1ccnc(CSCCC)c1. The number of nitrogens with zero attached hydrogens (tertiary/aromatic N) is 1. The topological polar surface area (TPSA) is 24.9 Å². The lowest BCUT2D eigenvalue weighted by Crippen LogP contribution is -2.00. The molecule has 0 bridgehead atoms. The highest BCUT2D eigenvalue weighted by Crippen LogP contribution is 2.14. The molecule has 0 aromatic carbocycles. The van der Waals surface area contributed by atoms with Gasteiger partial charge in [0.15, 0.2) is 0 Å². The Morgan fingerprint density at radius 2 is 2.20 bits per heavy atom. The molecule has 0 atom stereocenters. The molecule has 3 heteroatoms. The molecular formula is C12H20N2S. The highest BCUT2D eigenvalue weighted by atomic mass is 32.2. The smallest absolute Gasteiger partial charge is 0.0523 e. The van der Waals surface area contributed by atoms with Crippen LogP contribution >= 0.6 is 11.8 Å². The molecule has 1 rings (SSSR count). The van der Waals surface area contributed by atoms with Crippen LogP contribution in [0, 0.1) is 0 Å². The van der Waals surface area contributed by atoms with Crippen molar-refractivity contribution in [2.24, 2.45) is 0 Å². The molecule has 0 aliphatic heterocycles. The van der Waals surface area contributed by atoms with E-state index < -0.39 is 0 Å². The number of pyridine rings is 1. The van der Waals surface area contributed by atoms with Gasteiger partial charge in [0.25, 0.3) is 0 Å². The van der Waals surface area contributed by atoms with Crippen LogP contribution in [0.15, 0.2) is 18.3 Å². The third-order valence-corrected chi connectivity index (χ3v) is 3.19. The van der Waals surface area contributed by atoms with E-state index in [4.69, 9.17) is 0 Å². The van der Waals surface area contributed by atoms with Crippen LogP contribution in [-0.4, -0.2) is 17.3 Å². The minimum atomic E-state index is 1.02. The van der Waals surface area contributed by atoms with Crippen LogP contribution in [-0.2, 0) is 5.75 Å². The van der Waals surface area contributed by atoms with Gasteiger partial charge >= 0.3 is 0 Å². The maximum atomic E-state index is 4.36. The van der Waals surface area contributed by atoms with Gasteiger partial charge in [-0.25, -0.2) is 0 Å². The van der Waals surface area contributed by atoms with Crippen molar-refractivity contribution in [3.05, 3.63) is 24.0 Å². The van der Waals surface area contributed by atoms with Gasteiger partial charge in [-0.2, -0.15) is 11.8 Å². The van der Waals surface area contributed by atoms with Crippen LogP contribution in [0.25, 0.3) is 0 Å². The molecule has 84 valence electrons. The molecular weight excluding hydrogens is 204 g/mol. The van der Waals surface area contributed by atoms with Crippen LogP contribution in [0.1, 0.15) is 32.4 Å². The van der Waals surface area contributed by atoms with Crippen LogP contribution in [0.4, 0.5) is 5.69 Å². The summed E-state index contributed by atoms with van der Waals surface area (Å²) in [5, 5.41) is 3.38. The Morgan fingerprint density at radius 1 is 1.33 bits per heavy atom. The Balaban J connectivity index is 2.42. The number of nitrogens with one attached hydrogen (secondary N) is 1. The molecule has 0 fully saturated rings. The average molecular weight is 224 g/mol. The molecule has 0 unspecified atom stereocenters. The first-order valence-electron chi connectivity index (χ1n) is 5.63. The minimum Gasteiger partial charge on any atom is -0.385 e. The van der Waals surface area contributed by atoms with Gasteiger partial charge in [0.2, 0.25) is 0 Å². The van der Waals surface area contributed by atoms with Crippen molar-refractivity contribution >= 4 is 17.4 Å². The number of aromatic nitrogens is 1. The number of hydrogen-bond acceptors (Lipinski definition) is 3. The van der Waals surface area contributed by atoms with Gasteiger partial charge in [0.1, 0.15) is 0 Å². The third-order valence-electron chi connectivity index (χ3n) is 1.99. The van der Waals surface area contributed by atoms with E-state index in [9.17, 15) is 0 Å². The zero-order chi connectivity index (χ0) is 10.9. The van der Waals surface area contributed by atoms with E-state index >= 15 is 0 Å². The van der Waals surface area contributed by atoms with Crippen LogP contribution in [0.3, 0.4) is 0 Å². The highest BCUT2D eigenvalue weighted by Gasteiger charge is 1.96. The normalized spacial score (nSPS) is 10.3. The summed E-state index contributed by atoms with van der Waals surface area (Å²) in [5.74, 6) is 2.24. The molecule has 0 aliphatic carbocycles. The summed E-state index contributed by atoms with van der Waals surface area (Å²) in [5.41, 5.74) is 2.37. The van der Waals surface area contributed by atoms with Crippen LogP contribution in [0.5, 0.6) is 0 Å². The maximum absolute atomic E-state index is 4.36. The largest absolute Gasteiger partial charge is 0.385 e. The Morgan fingerprint density at radius 3 is 2.93 bits per heavy atom. The van der Waals surface area contributed by atoms with Gasteiger partial charge in [0.05, 0.1) is 5.69 Å². The maximum Gasteiger partial charge on any atom is 0.0523 e. The second-order valence-corrected chi connectivity index (χ2v) is 4.62. The van der Waals surface area contributed by atoms with Crippen LogP contribution in [0.2, 0.25) is 0 Å². The van der Waals surface area contributed by atoms with E-state index in [0.717, 1.165) is 18.7 Å². The summed E-state index contributed by atoms with van der Waals surface area (Å²) in [6, 6.07) is 4.18. The monoisotopic (exact) mass is 224 g/mol. The first kappa shape index (κ1) is 12.4. The molecule has 0 aliphatic rings. The first-order chi connectivity index (χ1) is 7.36. The summed E-state index contributed by atoms with van der Waals surface area (Å²) < 4.78 is 0. The van der Waals surface area contributed by atoms with E-state index in [-0.39, 0.29) is 0 Å². The summed E-state index contributed by atoms with van der Waals surface area (Å²) in [4.78, 5) is 4.36. The summed E-state index contributed by atoms with van der Waals surface area (Å²) >= 11 is 1.95. The Bertz CT molecular complexity index is 276. The van der Waals surface area contributed by atoms with Crippen molar-refractivity contribution < 1.29 is 0 Å². The van der Waals surface area contributed by atoms with E-state index in [0.29, 0.717) is 0 Å². The third kappa shape index (κ3) is 5.07. The summed E-state index contributed by atoms with van der Waals surface area (Å²) in [6.45, 7) is 5.41. The van der Waals surface area contributed by atoms with Crippen molar-refractivity contribution in [2.45, 2.75) is 32.4 Å². The van der Waals surface area contributed by atoms with E-state index in [1.165, 1.54) is 23.6 Å². The minimum absolute atomic E-state index is 1.02. The molecule has 1 aromatic heterocycles. The first-order valence-corrected chi connectivity index (χ1v) is 6.78. The van der Waals surface area contributed by atoms with Gasteiger partial charge in [-0.3, -0.25) is 4.98 Å². The molecule has 15 heavy (non-hydrogen) atoms. The molecule has 0 radical (unpaired) electrons. The molecule has 0 saturated carbocycles. The van der Waals surface area contributed by atoms with Crippen LogP contribution < -0.4 is 5.32 Å². The Labute approximate surface area is 96.9 Å². The van der Waals surface area contributed by atoms with E-state index in [1.807, 2.05) is 24.0 Å². The summed E-state index contributed by atoms with van der Waals surface area (Å²) in [6.07, 6.45) is 4.28. The fraction of sp³-hybridized carbons (Fsp3) is 0.583. The zero-order valence-electron chi connectivity index (χ0n) is 9.62. The van der Waals surface area contributed by atoms with Gasteiger partial charge in [0, 0.05) is 24.2 Å². The average Bonchev–Trinajstić information content (AvgIpc) is 2.27. The zero-order valence-corrected chi connectivity index (χ0v) is 10.4. The molecule has 2 nitrogen and oxygen atoms in total. The lowest BCUT2D eigenvalue weighted by atomic mass is 10.3. The highest BCUT2D eigenvalue weighted by molar-refractivity contribution is 7.98. The Hall–Kier alpha value is -0.700.